The van der Waals surface area contributed by atoms with Gasteiger partial charge in [0.15, 0.2) is 9.84 Å². The summed E-state index contributed by atoms with van der Waals surface area (Å²) in [6, 6.07) is 22.9. The summed E-state index contributed by atoms with van der Waals surface area (Å²) in [7, 11) is -3.42. The molecule has 1 aliphatic rings. The van der Waals surface area contributed by atoms with E-state index in [4.69, 9.17) is 10.5 Å². The number of primary amides is 1. The Balaban J connectivity index is 1.82. The van der Waals surface area contributed by atoms with Crippen LogP contribution in [-0.2, 0) is 14.6 Å². The van der Waals surface area contributed by atoms with Crippen LogP contribution >= 0.6 is 0 Å². The van der Waals surface area contributed by atoms with Gasteiger partial charge in [0.25, 0.3) is 0 Å². The second-order valence-electron chi connectivity index (χ2n) is 8.66. The van der Waals surface area contributed by atoms with Crippen molar-refractivity contribution in [2.75, 3.05) is 5.75 Å². The van der Waals surface area contributed by atoms with Crippen LogP contribution in [0.15, 0.2) is 108 Å². The van der Waals surface area contributed by atoms with E-state index in [1.165, 1.54) is 42.5 Å². The fraction of sp³-hybridized carbons (Fsp3) is 0.172. The molecule has 1 aliphatic carbocycles. The number of nitriles is 1. The SMILES string of the molecule is CCS(=O)(=O)c1ccc(C(C(N)=O)C2=CC(C#N)(Oc3cccc(F)c3)C(c3ccccc3)C=C2)cc1. The zero-order valence-corrected chi connectivity index (χ0v) is 20.9. The summed E-state index contributed by atoms with van der Waals surface area (Å²) < 4.78 is 44.5. The second kappa shape index (κ2) is 10.4. The summed E-state index contributed by atoms with van der Waals surface area (Å²) in [5.41, 5.74) is 5.83. The molecular weight excluding hydrogens is 491 g/mol. The fourth-order valence-electron chi connectivity index (χ4n) is 4.43. The number of rotatable bonds is 8. The van der Waals surface area contributed by atoms with Gasteiger partial charge < -0.3 is 10.5 Å². The molecule has 8 heteroatoms. The molecule has 0 heterocycles. The van der Waals surface area contributed by atoms with Gasteiger partial charge in [-0.25, -0.2) is 12.8 Å². The molecule has 0 radical (unpaired) electrons. The van der Waals surface area contributed by atoms with Crippen LogP contribution < -0.4 is 10.5 Å². The maximum atomic E-state index is 13.9. The van der Waals surface area contributed by atoms with Crippen LogP contribution in [0.25, 0.3) is 0 Å². The van der Waals surface area contributed by atoms with Gasteiger partial charge in [-0.05, 0) is 47.0 Å². The highest BCUT2D eigenvalue weighted by Crippen LogP contribution is 2.42. The predicted octanol–water partition coefficient (Wildman–Crippen LogP) is 4.81. The minimum absolute atomic E-state index is 0.0531. The Morgan fingerprint density at radius 1 is 1.11 bits per heavy atom. The average Bonchev–Trinajstić information content (AvgIpc) is 2.89. The normalized spacial score (nSPS) is 19.9. The van der Waals surface area contributed by atoms with Crippen molar-refractivity contribution in [3.8, 4) is 11.8 Å². The molecule has 4 rings (SSSR count). The largest absolute Gasteiger partial charge is 0.468 e. The minimum Gasteiger partial charge on any atom is -0.468 e. The number of ether oxygens (including phenoxy) is 1. The molecule has 0 bridgehead atoms. The Labute approximate surface area is 215 Å². The second-order valence-corrected chi connectivity index (χ2v) is 10.9. The van der Waals surface area contributed by atoms with Crippen LogP contribution in [0.1, 0.15) is 29.9 Å². The number of allylic oxidation sites excluding steroid dienone is 1. The van der Waals surface area contributed by atoms with Crippen molar-refractivity contribution < 1.29 is 22.3 Å². The van der Waals surface area contributed by atoms with E-state index >= 15 is 0 Å². The monoisotopic (exact) mass is 516 g/mol. The van der Waals surface area contributed by atoms with Gasteiger partial charge in [0, 0.05) is 6.07 Å². The minimum atomic E-state index is -3.42. The number of nitrogens with two attached hydrogens (primary N) is 1. The predicted molar refractivity (Wildman–Crippen MR) is 138 cm³/mol. The Hall–Kier alpha value is -4.22. The first-order valence-corrected chi connectivity index (χ1v) is 13.3. The number of hydrogen-bond donors (Lipinski definition) is 1. The third-order valence-corrected chi connectivity index (χ3v) is 8.06. The molecule has 2 N–H and O–H groups in total. The number of carbonyl (C=O) groups excluding carboxylic acids is 1. The molecule has 3 aromatic carbocycles. The van der Waals surface area contributed by atoms with Gasteiger partial charge >= 0.3 is 0 Å². The Kier molecular flexibility index (Phi) is 7.28. The standard InChI is InChI=1S/C29H25FN2O4S/c1-2-37(34,35)25-14-11-21(12-15-25)27(28(32)33)22-13-16-26(20-7-4-3-5-8-20)29(18-22,19-31)36-24-10-6-9-23(30)17-24/h3-18,26-27H,2H2,1H3,(H2,32,33). The fourth-order valence-corrected chi connectivity index (χ4v) is 5.32. The number of benzene rings is 3. The number of nitrogens with zero attached hydrogens (tertiary/aromatic N) is 1. The first-order valence-electron chi connectivity index (χ1n) is 11.6. The maximum absolute atomic E-state index is 13.9. The smallest absolute Gasteiger partial charge is 0.229 e. The molecule has 188 valence electrons. The van der Waals surface area contributed by atoms with E-state index < -0.39 is 39.0 Å². The lowest BCUT2D eigenvalue weighted by molar-refractivity contribution is -0.118. The number of hydrogen-bond acceptors (Lipinski definition) is 5. The topological polar surface area (TPSA) is 110 Å². The third-order valence-electron chi connectivity index (χ3n) is 6.31. The zero-order valence-electron chi connectivity index (χ0n) is 20.0. The first-order chi connectivity index (χ1) is 17.7. The van der Waals surface area contributed by atoms with Crippen LogP contribution in [-0.4, -0.2) is 25.7 Å². The quantitative estimate of drug-likeness (QED) is 0.462. The molecule has 3 atom stereocenters. The van der Waals surface area contributed by atoms with Crippen molar-refractivity contribution in [1.82, 2.24) is 0 Å². The van der Waals surface area contributed by atoms with Crippen molar-refractivity contribution in [3.63, 3.8) is 0 Å². The molecule has 0 fully saturated rings. The van der Waals surface area contributed by atoms with Gasteiger partial charge in [-0.1, -0.05) is 67.6 Å². The van der Waals surface area contributed by atoms with Crippen molar-refractivity contribution in [1.29, 1.82) is 5.26 Å². The van der Waals surface area contributed by atoms with Crippen LogP contribution in [0.3, 0.4) is 0 Å². The summed E-state index contributed by atoms with van der Waals surface area (Å²) in [5, 5.41) is 10.4. The van der Waals surface area contributed by atoms with Crippen LogP contribution in [0, 0.1) is 17.1 Å². The molecule has 0 spiro atoms. The van der Waals surface area contributed by atoms with E-state index in [0.29, 0.717) is 11.1 Å². The first kappa shape index (κ1) is 25.9. The lowest BCUT2D eigenvalue weighted by Crippen LogP contribution is -2.41. The third kappa shape index (κ3) is 5.32. The van der Waals surface area contributed by atoms with Crippen LogP contribution in [0.5, 0.6) is 5.75 Å². The zero-order chi connectivity index (χ0) is 26.6. The van der Waals surface area contributed by atoms with E-state index in [9.17, 15) is 22.9 Å². The summed E-state index contributed by atoms with van der Waals surface area (Å²) in [5.74, 6) is -2.65. The molecule has 0 saturated carbocycles. The summed E-state index contributed by atoms with van der Waals surface area (Å²) in [6.45, 7) is 1.55. The molecule has 0 saturated heterocycles. The molecule has 1 amide bonds. The van der Waals surface area contributed by atoms with Gasteiger partial charge in [-0.2, -0.15) is 5.26 Å². The Morgan fingerprint density at radius 2 is 1.81 bits per heavy atom. The van der Waals surface area contributed by atoms with Crippen molar-refractivity contribution in [3.05, 3.63) is 120 Å². The Morgan fingerprint density at radius 3 is 2.41 bits per heavy atom. The van der Waals surface area contributed by atoms with Gasteiger partial charge in [0.2, 0.25) is 11.5 Å². The molecule has 0 aliphatic heterocycles. The maximum Gasteiger partial charge on any atom is 0.229 e. The highest BCUT2D eigenvalue weighted by Gasteiger charge is 2.43. The molecule has 6 nitrogen and oxygen atoms in total. The van der Waals surface area contributed by atoms with Crippen LogP contribution in [0.4, 0.5) is 4.39 Å². The molecule has 0 aromatic heterocycles. The van der Waals surface area contributed by atoms with Gasteiger partial charge in [-0.3, -0.25) is 4.79 Å². The lowest BCUT2D eigenvalue weighted by atomic mass is 9.74. The Bertz CT molecular complexity index is 1510. The summed E-state index contributed by atoms with van der Waals surface area (Å²) in [4.78, 5) is 12.8. The van der Waals surface area contributed by atoms with E-state index in [2.05, 4.69) is 6.07 Å². The van der Waals surface area contributed by atoms with E-state index in [0.717, 1.165) is 5.56 Å². The number of carbonyl (C=O) groups is 1. The molecule has 37 heavy (non-hydrogen) atoms. The van der Waals surface area contributed by atoms with Crippen molar-refractivity contribution in [2.24, 2.45) is 5.73 Å². The molecule has 3 unspecified atom stereocenters. The van der Waals surface area contributed by atoms with Gasteiger partial charge in [0.1, 0.15) is 17.6 Å². The summed E-state index contributed by atoms with van der Waals surface area (Å²) >= 11 is 0. The highest BCUT2D eigenvalue weighted by molar-refractivity contribution is 7.91. The van der Waals surface area contributed by atoms with E-state index in [-0.39, 0.29) is 16.4 Å². The van der Waals surface area contributed by atoms with Gasteiger partial charge in [0.05, 0.1) is 22.5 Å². The van der Waals surface area contributed by atoms with Crippen molar-refractivity contribution >= 4 is 15.7 Å². The number of halogens is 1. The number of sulfone groups is 1. The molecule has 3 aromatic rings. The molecular formula is C29H25FN2O4S. The number of amides is 1. The van der Waals surface area contributed by atoms with E-state index in [1.54, 1.807) is 31.2 Å². The van der Waals surface area contributed by atoms with Crippen LogP contribution in [0.2, 0.25) is 0 Å². The highest BCUT2D eigenvalue weighted by atomic mass is 32.2. The van der Waals surface area contributed by atoms with Crippen molar-refractivity contribution in [2.45, 2.75) is 29.3 Å². The lowest BCUT2D eigenvalue weighted by Gasteiger charge is -2.35. The van der Waals surface area contributed by atoms with E-state index in [1.807, 2.05) is 30.3 Å². The average molecular weight is 517 g/mol. The summed E-state index contributed by atoms with van der Waals surface area (Å²) in [6.07, 6.45) is 5.02. The van der Waals surface area contributed by atoms with Gasteiger partial charge in [-0.15, -0.1) is 0 Å².